The molecule has 1 aromatic heterocycles. The van der Waals surface area contributed by atoms with Crippen LogP contribution in [0.2, 0.25) is 5.02 Å². The van der Waals surface area contributed by atoms with Crippen LogP contribution in [-0.4, -0.2) is 34.9 Å². The van der Waals surface area contributed by atoms with Gasteiger partial charge >= 0.3 is 6.18 Å². The summed E-state index contributed by atoms with van der Waals surface area (Å²) in [5.41, 5.74) is 0.242. The smallest absolute Gasteiger partial charge is 0.357 e. The highest BCUT2D eigenvalue weighted by atomic mass is 35.5. The van der Waals surface area contributed by atoms with Crippen molar-refractivity contribution < 1.29 is 18.0 Å². The number of rotatable bonds is 3. The monoisotopic (exact) mass is 439 g/mol. The maximum atomic E-state index is 13.3. The van der Waals surface area contributed by atoms with Crippen LogP contribution in [0.1, 0.15) is 27.9 Å². The maximum Gasteiger partial charge on any atom is 0.417 e. The highest BCUT2D eigenvalue weighted by Crippen LogP contribution is 2.34. The van der Waals surface area contributed by atoms with Crippen molar-refractivity contribution in [1.82, 2.24) is 9.88 Å². The molecule has 0 bridgehead atoms. The Kier molecular flexibility index (Phi) is 5.16. The number of likely N-dealkylation sites (tertiary alicyclic amines) is 1. The second-order valence-electron chi connectivity index (χ2n) is 7.06. The fourth-order valence-electron chi connectivity index (χ4n) is 3.45. The van der Waals surface area contributed by atoms with Gasteiger partial charge in [-0.1, -0.05) is 34.6 Å². The van der Waals surface area contributed by atoms with E-state index in [1.165, 1.54) is 28.4 Å². The number of hydrogen-bond acceptors (Lipinski definition) is 4. The molecule has 1 fully saturated rings. The number of aromatic nitrogens is 1. The van der Waals surface area contributed by atoms with E-state index in [0.717, 1.165) is 16.3 Å². The number of benzene rings is 2. The molecule has 9 heteroatoms. The van der Waals surface area contributed by atoms with E-state index in [1.807, 2.05) is 12.1 Å². The molecule has 1 amide bonds. The second-order valence-corrected chi connectivity index (χ2v) is 8.53. The van der Waals surface area contributed by atoms with Crippen molar-refractivity contribution in [1.29, 1.82) is 0 Å². The van der Waals surface area contributed by atoms with E-state index >= 15 is 0 Å². The summed E-state index contributed by atoms with van der Waals surface area (Å²) in [7, 11) is 0. The molecule has 1 saturated heterocycles. The standard InChI is InChI=1S/C20H17ClF3N3OS/c1-11-2-4-15(20(22,23)24)14(8-11)18(28)27-7-6-13(10-27)25-19-26-16-5-3-12(21)9-17(16)29-19/h2-5,8-9,13H,6-7,10H2,1H3,(H,25,26)/t13-/m1/s1. The highest BCUT2D eigenvalue weighted by molar-refractivity contribution is 7.22. The van der Waals surface area contributed by atoms with Gasteiger partial charge in [-0.25, -0.2) is 4.98 Å². The Morgan fingerprint density at radius 2 is 2.07 bits per heavy atom. The SMILES string of the molecule is Cc1ccc(C(F)(F)F)c(C(=O)N2CC[C@@H](Nc3nc4ccc(Cl)cc4s3)C2)c1. The molecule has 0 saturated carbocycles. The third kappa shape index (κ3) is 4.18. The zero-order chi connectivity index (χ0) is 20.8. The fourth-order valence-corrected chi connectivity index (χ4v) is 4.67. The molecule has 1 atom stereocenters. The van der Waals surface area contributed by atoms with Gasteiger partial charge in [0, 0.05) is 24.2 Å². The molecule has 2 aromatic carbocycles. The lowest BCUT2D eigenvalue weighted by Gasteiger charge is -2.20. The van der Waals surface area contributed by atoms with Crippen LogP contribution in [0.25, 0.3) is 10.2 Å². The first-order valence-corrected chi connectivity index (χ1v) is 10.2. The number of anilines is 1. The summed E-state index contributed by atoms with van der Waals surface area (Å²) in [5, 5.41) is 4.62. The van der Waals surface area contributed by atoms with Gasteiger partial charge in [0.2, 0.25) is 0 Å². The minimum atomic E-state index is -4.57. The van der Waals surface area contributed by atoms with Gasteiger partial charge in [0.05, 0.1) is 21.3 Å². The first-order valence-electron chi connectivity index (χ1n) is 9.00. The van der Waals surface area contributed by atoms with Crippen molar-refractivity contribution in [2.75, 3.05) is 18.4 Å². The first kappa shape index (κ1) is 20.0. The van der Waals surface area contributed by atoms with Crippen LogP contribution in [-0.2, 0) is 6.18 Å². The number of alkyl halides is 3. The van der Waals surface area contributed by atoms with Crippen molar-refractivity contribution in [3.8, 4) is 0 Å². The normalized spacial score (nSPS) is 17.1. The van der Waals surface area contributed by atoms with Gasteiger partial charge in [0.1, 0.15) is 0 Å². The van der Waals surface area contributed by atoms with Crippen LogP contribution in [0, 0.1) is 6.92 Å². The number of halogens is 4. The van der Waals surface area contributed by atoms with E-state index in [-0.39, 0.29) is 11.6 Å². The molecule has 29 heavy (non-hydrogen) atoms. The number of amides is 1. The second kappa shape index (κ2) is 7.50. The predicted molar refractivity (Wildman–Crippen MR) is 109 cm³/mol. The summed E-state index contributed by atoms with van der Waals surface area (Å²) in [5.74, 6) is -0.596. The zero-order valence-electron chi connectivity index (χ0n) is 15.4. The Hall–Kier alpha value is -2.32. The Morgan fingerprint density at radius 1 is 1.28 bits per heavy atom. The minimum absolute atomic E-state index is 0.0749. The highest BCUT2D eigenvalue weighted by Gasteiger charge is 2.37. The van der Waals surface area contributed by atoms with Gasteiger partial charge in [0.15, 0.2) is 5.13 Å². The third-order valence-electron chi connectivity index (χ3n) is 4.86. The summed E-state index contributed by atoms with van der Waals surface area (Å²) in [6.07, 6.45) is -3.94. The van der Waals surface area contributed by atoms with E-state index in [2.05, 4.69) is 10.3 Å². The van der Waals surface area contributed by atoms with E-state index in [4.69, 9.17) is 11.6 Å². The number of hydrogen-bond donors (Lipinski definition) is 1. The van der Waals surface area contributed by atoms with Crippen LogP contribution in [0.4, 0.5) is 18.3 Å². The third-order valence-corrected chi connectivity index (χ3v) is 6.05. The quantitative estimate of drug-likeness (QED) is 0.577. The molecular weight excluding hydrogens is 423 g/mol. The predicted octanol–water partition coefficient (Wildman–Crippen LogP) is 5.60. The molecule has 4 nitrogen and oxygen atoms in total. The molecule has 1 aliphatic heterocycles. The summed E-state index contributed by atoms with van der Waals surface area (Å²) < 4.78 is 40.9. The molecule has 0 unspecified atom stereocenters. The van der Waals surface area contributed by atoms with E-state index in [9.17, 15) is 18.0 Å². The fraction of sp³-hybridized carbons (Fsp3) is 0.300. The summed E-state index contributed by atoms with van der Waals surface area (Å²) >= 11 is 7.45. The molecule has 4 rings (SSSR count). The lowest BCUT2D eigenvalue weighted by atomic mass is 10.0. The summed E-state index contributed by atoms with van der Waals surface area (Å²) in [4.78, 5) is 18.8. The lowest BCUT2D eigenvalue weighted by Crippen LogP contribution is -2.33. The summed E-state index contributed by atoms with van der Waals surface area (Å²) in [6, 6.07) is 9.01. The van der Waals surface area contributed by atoms with Gasteiger partial charge in [-0.15, -0.1) is 0 Å². The molecule has 2 heterocycles. The molecule has 1 aliphatic rings. The Balaban J connectivity index is 1.49. The van der Waals surface area contributed by atoms with Crippen LogP contribution < -0.4 is 5.32 Å². The largest absolute Gasteiger partial charge is 0.417 e. The van der Waals surface area contributed by atoms with Gasteiger partial charge in [-0.2, -0.15) is 13.2 Å². The van der Waals surface area contributed by atoms with Crippen LogP contribution in [0.3, 0.4) is 0 Å². The van der Waals surface area contributed by atoms with Crippen molar-refractivity contribution in [2.45, 2.75) is 25.6 Å². The number of carbonyl (C=O) groups is 1. The molecule has 1 N–H and O–H groups in total. The Bertz CT molecular complexity index is 1080. The van der Waals surface area contributed by atoms with E-state index < -0.39 is 17.6 Å². The van der Waals surface area contributed by atoms with E-state index in [1.54, 1.807) is 13.0 Å². The molecule has 0 aliphatic carbocycles. The molecule has 152 valence electrons. The average Bonchev–Trinajstić information content (AvgIpc) is 3.26. The molecule has 0 spiro atoms. The maximum absolute atomic E-state index is 13.3. The topological polar surface area (TPSA) is 45.2 Å². The van der Waals surface area contributed by atoms with Crippen molar-refractivity contribution in [3.63, 3.8) is 0 Å². The molecular formula is C20H17ClF3N3OS. The summed E-state index contributed by atoms with van der Waals surface area (Å²) in [6.45, 7) is 2.38. The van der Waals surface area contributed by atoms with E-state index in [0.29, 0.717) is 35.2 Å². The van der Waals surface area contributed by atoms with Crippen molar-refractivity contribution in [2.24, 2.45) is 0 Å². The molecule has 0 radical (unpaired) electrons. The van der Waals surface area contributed by atoms with Crippen LogP contribution >= 0.6 is 22.9 Å². The van der Waals surface area contributed by atoms with Crippen molar-refractivity contribution in [3.05, 3.63) is 58.1 Å². The number of aryl methyl sites for hydroxylation is 1. The minimum Gasteiger partial charge on any atom is -0.357 e. The Morgan fingerprint density at radius 3 is 2.83 bits per heavy atom. The van der Waals surface area contributed by atoms with Crippen LogP contribution in [0.15, 0.2) is 36.4 Å². The van der Waals surface area contributed by atoms with Gasteiger partial charge in [0.25, 0.3) is 5.91 Å². The van der Waals surface area contributed by atoms with Crippen LogP contribution in [0.5, 0.6) is 0 Å². The number of carbonyl (C=O) groups excluding carboxylic acids is 1. The van der Waals surface area contributed by atoms with Crippen molar-refractivity contribution >= 4 is 44.2 Å². The van der Waals surface area contributed by atoms with Gasteiger partial charge in [-0.05, 0) is 43.7 Å². The number of nitrogens with one attached hydrogen (secondary N) is 1. The Labute approximate surface area is 174 Å². The molecule has 3 aromatic rings. The zero-order valence-corrected chi connectivity index (χ0v) is 17.0. The number of thiazole rings is 1. The van der Waals surface area contributed by atoms with Gasteiger partial charge < -0.3 is 10.2 Å². The number of fused-ring (bicyclic) bond motifs is 1. The average molecular weight is 440 g/mol. The van der Waals surface area contributed by atoms with Gasteiger partial charge in [-0.3, -0.25) is 4.79 Å². The lowest BCUT2D eigenvalue weighted by molar-refractivity contribution is -0.138. The first-order chi connectivity index (χ1) is 13.7. The number of nitrogens with zero attached hydrogens (tertiary/aromatic N) is 2.